The maximum Gasteiger partial charge on any atom is 0.416 e. The summed E-state index contributed by atoms with van der Waals surface area (Å²) in [7, 11) is 0. The third kappa shape index (κ3) is 4.42. The van der Waals surface area contributed by atoms with Crippen molar-refractivity contribution in [1.29, 1.82) is 0 Å². The summed E-state index contributed by atoms with van der Waals surface area (Å²) in [6.07, 6.45) is -1.46. The van der Waals surface area contributed by atoms with Gasteiger partial charge in [-0.05, 0) is 24.3 Å². The molecule has 4 rings (SSSR count). The Morgan fingerprint density at radius 3 is 2.57 bits per heavy atom. The molecule has 1 atom stereocenters. The van der Waals surface area contributed by atoms with Crippen LogP contribution in [0.3, 0.4) is 0 Å². The molecule has 0 radical (unpaired) electrons. The van der Waals surface area contributed by atoms with Gasteiger partial charge in [0.15, 0.2) is 5.82 Å². The first-order valence-electron chi connectivity index (χ1n) is 9.38. The van der Waals surface area contributed by atoms with Gasteiger partial charge >= 0.3 is 6.18 Å². The van der Waals surface area contributed by atoms with Gasteiger partial charge in [-0.25, -0.2) is 9.97 Å². The van der Waals surface area contributed by atoms with Crippen LogP contribution in [0.2, 0.25) is 0 Å². The zero-order chi connectivity index (χ0) is 21.1. The Balaban J connectivity index is 1.76. The minimum Gasteiger partial charge on any atom is -0.394 e. The van der Waals surface area contributed by atoms with Gasteiger partial charge in [0.1, 0.15) is 5.82 Å². The van der Waals surface area contributed by atoms with Gasteiger partial charge in [0.05, 0.1) is 30.6 Å². The van der Waals surface area contributed by atoms with Crippen LogP contribution in [0.5, 0.6) is 0 Å². The molecule has 1 aliphatic rings. The highest BCUT2D eigenvalue weighted by atomic mass is 19.4. The fourth-order valence-electron chi connectivity index (χ4n) is 3.24. The highest BCUT2D eigenvalue weighted by Crippen LogP contribution is 2.32. The lowest BCUT2D eigenvalue weighted by Crippen LogP contribution is -2.44. The van der Waals surface area contributed by atoms with Crippen molar-refractivity contribution in [2.45, 2.75) is 12.3 Å². The van der Waals surface area contributed by atoms with Gasteiger partial charge in [0.2, 0.25) is 0 Å². The van der Waals surface area contributed by atoms with Crippen molar-refractivity contribution in [3.05, 3.63) is 60.4 Å². The number of alkyl halides is 3. The molecule has 30 heavy (non-hydrogen) atoms. The maximum absolute atomic E-state index is 12.9. The molecule has 1 fully saturated rings. The van der Waals surface area contributed by atoms with Crippen molar-refractivity contribution < 1.29 is 23.0 Å². The number of halogens is 3. The lowest BCUT2D eigenvalue weighted by molar-refractivity contribution is -0.137. The molecule has 1 aromatic carbocycles. The van der Waals surface area contributed by atoms with E-state index in [0.29, 0.717) is 48.2 Å². The lowest BCUT2D eigenvalue weighted by atomic mass is 10.1. The molecule has 0 bridgehead atoms. The second-order valence-electron chi connectivity index (χ2n) is 6.87. The van der Waals surface area contributed by atoms with Crippen LogP contribution in [0.4, 0.5) is 19.0 Å². The highest BCUT2D eigenvalue weighted by molar-refractivity contribution is 5.68. The molecule has 1 N–H and O–H groups in total. The third-order valence-electron chi connectivity index (χ3n) is 4.81. The number of morpholine rings is 1. The average molecular weight is 416 g/mol. The molecule has 9 heteroatoms. The van der Waals surface area contributed by atoms with Crippen LogP contribution < -0.4 is 4.90 Å². The number of hydrogen-bond donors (Lipinski definition) is 1. The SMILES string of the molecule is OC[C@@H]1CN(c2cc(-c3ccc(C(F)(F)F)cc3)nc(-c3cccnc3)n2)CCO1. The normalized spacial score (nSPS) is 17.2. The van der Waals surface area contributed by atoms with Crippen LogP contribution in [-0.2, 0) is 10.9 Å². The number of pyridine rings is 1. The van der Waals surface area contributed by atoms with Crippen molar-refractivity contribution in [3.8, 4) is 22.6 Å². The van der Waals surface area contributed by atoms with Gasteiger partial charge in [0.25, 0.3) is 0 Å². The molecule has 3 aromatic rings. The summed E-state index contributed by atoms with van der Waals surface area (Å²) in [6.45, 7) is 1.36. The van der Waals surface area contributed by atoms with E-state index in [-0.39, 0.29) is 12.7 Å². The van der Waals surface area contributed by atoms with Gasteiger partial charge < -0.3 is 14.7 Å². The molecule has 2 aromatic heterocycles. The summed E-state index contributed by atoms with van der Waals surface area (Å²) in [4.78, 5) is 15.3. The first-order chi connectivity index (χ1) is 14.4. The molecule has 6 nitrogen and oxygen atoms in total. The molecule has 0 amide bonds. The fraction of sp³-hybridized carbons (Fsp3) is 0.286. The van der Waals surface area contributed by atoms with Crippen molar-refractivity contribution >= 4 is 5.82 Å². The summed E-state index contributed by atoms with van der Waals surface area (Å²) >= 11 is 0. The van der Waals surface area contributed by atoms with E-state index in [1.165, 1.54) is 12.1 Å². The minimum atomic E-state index is -4.40. The number of aromatic nitrogens is 3. The van der Waals surface area contributed by atoms with Gasteiger partial charge in [-0.3, -0.25) is 4.98 Å². The van der Waals surface area contributed by atoms with Crippen LogP contribution in [-0.4, -0.2) is 52.5 Å². The molecule has 156 valence electrons. The van der Waals surface area contributed by atoms with E-state index in [1.54, 1.807) is 24.5 Å². The Hall–Kier alpha value is -3.04. The van der Waals surface area contributed by atoms with Crippen molar-refractivity contribution in [2.75, 3.05) is 31.2 Å². The lowest BCUT2D eigenvalue weighted by Gasteiger charge is -2.33. The van der Waals surface area contributed by atoms with Crippen LogP contribution in [0, 0.1) is 0 Å². The number of aliphatic hydroxyl groups excluding tert-OH is 1. The smallest absolute Gasteiger partial charge is 0.394 e. The van der Waals surface area contributed by atoms with Crippen LogP contribution >= 0.6 is 0 Å². The van der Waals surface area contributed by atoms with Crippen LogP contribution in [0.1, 0.15) is 5.56 Å². The molecule has 0 unspecified atom stereocenters. The zero-order valence-electron chi connectivity index (χ0n) is 15.9. The number of ether oxygens (including phenoxy) is 1. The average Bonchev–Trinajstić information content (AvgIpc) is 2.79. The Labute approximate surface area is 171 Å². The minimum absolute atomic E-state index is 0.108. The van der Waals surface area contributed by atoms with Crippen molar-refractivity contribution in [1.82, 2.24) is 15.0 Å². The maximum atomic E-state index is 12.9. The fourth-order valence-corrected chi connectivity index (χ4v) is 3.24. The number of hydrogen-bond acceptors (Lipinski definition) is 6. The second-order valence-corrected chi connectivity index (χ2v) is 6.87. The first-order valence-corrected chi connectivity index (χ1v) is 9.38. The van der Waals surface area contributed by atoms with Gasteiger partial charge in [-0.2, -0.15) is 13.2 Å². The zero-order valence-corrected chi connectivity index (χ0v) is 15.9. The van der Waals surface area contributed by atoms with E-state index in [1.807, 2.05) is 11.0 Å². The molecule has 0 spiro atoms. The van der Waals surface area contributed by atoms with Crippen LogP contribution in [0.15, 0.2) is 54.9 Å². The largest absolute Gasteiger partial charge is 0.416 e. The highest BCUT2D eigenvalue weighted by Gasteiger charge is 2.30. The summed E-state index contributed by atoms with van der Waals surface area (Å²) in [5, 5.41) is 9.43. The van der Waals surface area contributed by atoms with Crippen molar-refractivity contribution in [2.24, 2.45) is 0 Å². The standard InChI is InChI=1S/C21H19F3N4O2/c22-21(23,24)16-5-3-14(4-6-16)18-10-19(28-8-9-30-17(12-28)13-29)27-20(26-18)15-2-1-7-25-11-15/h1-7,10-11,17,29H,8-9,12-13H2/t17-/m0/s1. The van der Waals surface area contributed by atoms with Crippen molar-refractivity contribution in [3.63, 3.8) is 0 Å². The Kier molecular flexibility index (Phi) is 5.65. The number of rotatable bonds is 4. The van der Waals surface area contributed by atoms with E-state index >= 15 is 0 Å². The summed E-state index contributed by atoms with van der Waals surface area (Å²) in [5.41, 5.74) is 1.02. The Morgan fingerprint density at radius 2 is 1.90 bits per heavy atom. The van der Waals surface area contributed by atoms with E-state index in [9.17, 15) is 18.3 Å². The Morgan fingerprint density at radius 1 is 1.10 bits per heavy atom. The Bertz CT molecular complexity index is 997. The molecular formula is C21H19F3N4O2. The van der Waals surface area contributed by atoms with E-state index in [0.717, 1.165) is 12.1 Å². The molecular weight excluding hydrogens is 397 g/mol. The predicted octanol–water partition coefficient (Wildman–Crippen LogP) is 3.42. The van der Waals surface area contributed by atoms with Gasteiger partial charge in [-0.1, -0.05) is 12.1 Å². The second kappa shape index (κ2) is 8.37. The topological polar surface area (TPSA) is 71.4 Å². The number of aliphatic hydroxyl groups is 1. The van der Waals surface area contributed by atoms with Gasteiger partial charge in [-0.15, -0.1) is 0 Å². The molecule has 1 saturated heterocycles. The van der Waals surface area contributed by atoms with Crippen LogP contribution in [0.25, 0.3) is 22.6 Å². The number of nitrogens with zero attached hydrogens (tertiary/aromatic N) is 4. The summed E-state index contributed by atoms with van der Waals surface area (Å²) in [5.74, 6) is 1.03. The van der Waals surface area contributed by atoms with E-state index in [2.05, 4.69) is 15.0 Å². The molecule has 3 heterocycles. The quantitative estimate of drug-likeness (QED) is 0.703. The van der Waals surface area contributed by atoms with Gasteiger partial charge in [0, 0.05) is 42.7 Å². The van der Waals surface area contributed by atoms with E-state index in [4.69, 9.17) is 4.74 Å². The summed E-state index contributed by atoms with van der Waals surface area (Å²) in [6, 6.07) is 10.2. The van der Waals surface area contributed by atoms with E-state index < -0.39 is 11.7 Å². The monoisotopic (exact) mass is 416 g/mol. The molecule has 1 aliphatic heterocycles. The predicted molar refractivity (Wildman–Crippen MR) is 105 cm³/mol. The molecule has 0 saturated carbocycles. The number of benzene rings is 1. The number of anilines is 1. The third-order valence-corrected chi connectivity index (χ3v) is 4.81. The summed E-state index contributed by atoms with van der Waals surface area (Å²) < 4.78 is 44.2. The first kappa shape index (κ1) is 20.2. The molecule has 0 aliphatic carbocycles.